The number of nitrogens with one attached hydrogen (secondary N) is 1. The van der Waals surface area contributed by atoms with E-state index in [1.54, 1.807) is 16.9 Å². The lowest BCUT2D eigenvalue weighted by atomic mass is 10.0. The molecular weight excluding hydrogens is 579 g/mol. The molecule has 1 aromatic heterocycles. The molecule has 0 fully saturated rings. The van der Waals surface area contributed by atoms with E-state index >= 15 is 0 Å². The third kappa shape index (κ3) is 9.69. The lowest BCUT2D eigenvalue weighted by molar-refractivity contribution is -0.137. The van der Waals surface area contributed by atoms with Gasteiger partial charge in [-0.1, -0.05) is 62.2 Å². The summed E-state index contributed by atoms with van der Waals surface area (Å²) >= 11 is 0. The minimum atomic E-state index is -4.44. The lowest BCUT2D eigenvalue weighted by Gasteiger charge is -2.28. The molecule has 2 amide bonds. The number of carbonyl (C=O) groups excluding carboxylic acids is 2. The minimum Gasteiger partial charge on any atom is -0.385 e. The molecule has 0 radical (unpaired) electrons. The zero-order valence-electron chi connectivity index (χ0n) is 26.0. The van der Waals surface area contributed by atoms with Gasteiger partial charge in [-0.2, -0.15) is 13.2 Å². The van der Waals surface area contributed by atoms with Crippen LogP contribution in [0.1, 0.15) is 65.2 Å². The standard InChI is InChI=1S/C36H42F3N3O3/c1-3-4-5-9-27-12-16-29(17-13-27)35(44)42(21-8-23-45-2)26-34(43)41(25-28-14-18-31(19-15-28)36(37,38)39)22-20-30-24-40-33-11-7-6-10-32(30)33/h6-7,10-19,24,40H,3-5,8-9,20-23,25-26H2,1-2H3. The highest BCUT2D eigenvalue weighted by molar-refractivity contribution is 5.96. The molecule has 0 aliphatic rings. The Morgan fingerprint density at radius 2 is 1.53 bits per heavy atom. The number of halogens is 3. The molecule has 9 heteroatoms. The second-order valence-electron chi connectivity index (χ2n) is 11.3. The molecule has 6 nitrogen and oxygen atoms in total. The molecule has 0 atom stereocenters. The molecule has 240 valence electrons. The number of benzene rings is 3. The first-order valence-electron chi connectivity index (χ1n) is 15.6. The van der Waals surface area contributed by atoms with Crippen LogP contribution in [-0.2, 0) is 35.1 Å². The van der Waals surface area contributed by atoms with E-state index in [0.717, 1.165) is 54.3 Å². The monoisotopic (exact) mass is 621 g/mol. The summed E-state index contributed by atoms with van der Waals surface area (Å²) in [6.07, 6.45) is 2.89. The van der Waals surface area contributed by atoms with Gasteiger partial charge in [-0.05, 0) is 72.7 Å². The van der Waals surface area contributed by atoms with E-state index < -0.39 is 11.7 Å². The van der Waals surface area contributed by atoms with Crippen LogP contribution in [0, 0.1) is 0 Å². The summed E-state index contributed by atoms with van der Waals surface area (Å²) < 4.78 is 44.7. The number of rotatable bonds is 16. The van der Waals surface area contributed by atoms with Crippen LogP contribution in [0.25, 0.3) is 10.9 Å². The molecule has 0 bridgehead atoms. The topological polar surface area (TPSA) is 65.6 Å². The van der Waals surface area contributed by atoms with Crippen molar-refractivity contribution < 1.29 is 27.5 Å². The van der Waals surface area contributed by atoms with E-state index in [2.05, 4.69) is 11.9 Å². The molecule has 0 spiro atoms. The third-order valence-electron chi connectivity index (χ3n) is 7.99. The first-order chi connectivity index (χ1) is 21.7. The Labute approximate surface area is 263 Å². The molecular formula is C36H42F3N3O3. The predicted molar refractivity (Wildman–Crippen MR) is 171 cm³/mol. The van der Waals surface area contributed by atoms with E-state index in [1.807, 2.05) is 54.7 Å². The van der Waals surface area contributed by atoms with Crippen molar-refractivity contribution in [3.05, 3.63) is 107 Å². The number of H-pyrrole nitrogens is 1. The number of para-hydroxylation sites is 1. The quantitative estimate of drug-likeness (QED) is 0.131. The third-order valence-corrected chi connectivity index (χ3v) is 7.99. The highest BCUT2D eigenvalue weighted by atomic mass is 19.4. The number of aromatic nitrogens is 1. The Morgan fingerprint density at radius 3 is 2.22 bits per heavy atom. The molecule has 0 aliphatic carbocycles. The molecule has 3 aromatic carbocycles. The summed E-state index contributed by atoms with van der Waals surface area (Å²) in [6, 6.07) is 20.3. The molecule has 4 aromatic rings. The van der Waals surface area contributed by atoms with Gasteiger partial charge in [-0.3, -0.25) is 9.59 Å². The lowest BCUT2D eigenvalue weighted by Crippen LogP contribution is -2.44. The second kappa shape index (κ2) is 16.3. The molecule has 0 aliphatic heterocycles. The number of amides is 2. The molecule has 0 saturated carbocycles. The highest BCUT2D eigenvalue weighted by Gasteiger charge is 2.30. The number of carbonyl (C=O) groups is 2. The van der Waals surface area contributed by atoms with Crippen LogP contribution in [-0.4, -0.2) is 59.9 Å². The maximum absolute atomic E-state index is 13.9. The number of hydrogen-bond donors (Lipinski definition) is 1. The average Bonchev–Trinajstić information content (AvgIpc) is 3.45. The van der Waals surface area contributed by atoms with Gasteiger partial charge in [-0.25, -0.2) is 0 Å². The SMILES string of the molecule is CCCCCc1ccc(C(=O)N(CCCOC)CC(=O)N(CCc2c[nH]c3ccccc23)Cc2ccc(C(F)(F)F)cc2)cc1. The van der Waals surface area contributed by atoms with Crippen molar-refractivity contribution in [3.63, 3.8) is 0 Å². The Kier molecular flexibility index (Phi) is 12.2. The van der Waals surface area contributed by atoms with Crippen molar-refractivity contribution in [1.82, 2.24) is 14.8 Å². The number of aromatic amines is 1. The van der Waals surface area contributed by atoms with Crippen molar-refractivity contribution >= 4 is 22.7 Å². The van der Waals surface area contributed by atoms with Crippen LogP contribution in [0.2, 0.25) is 0 Å². The summed E-state index contributed by atoms with van der Waals surface area (Å²) in [4.78, 5) is 34.0. The molecule has 4 rings (SSSR count). The number of unbranched alkanes of at least 4 members (excludes halogenated alkanes) is 2. The second-order valence-corrected chi connectivity index (χ2v) is 11.3. The van der Waals surface area contributed by atoms with Crippen LogP contribution in [0.15, 0.2) is 79.0 Å². The fourth-order valence-electron chi connectivity index (χ4n) is 5.40. The molecule has 1 heterocycles. The molecule has 45 heavy (non-hydrogen) atoms. The largest absolute Gasteiger partial charge is 0.416 e. The zero-order valence-corrected chi connectivity index (χ0v) is 26.0. The van der Waals surface area contributed by atoms with Crippen molar-refractivity contribution in [2.75, 3.05) is 33.4 Å². The number of hydrogen-bond acceptors (Lipinski definition) is 3. The number of ether oxygens (including phenoxy) is 1. The number of alkyl halides is 3. The van der Waals surface area contributed by atoms with E-state index in [-0.39, 0.29) is 24.9 Å². The Balaban J connectivity index is 1.53. The van der Waals surface area contributed by atoms with Gasteiger partial charge in [0.05, 0.1) is 5.56 Å². The minimum absolute atomic E-state index is 0.117. The fourth-order valence-corrected chi connectivity index (χ4v) is 5.40. The smallest absolute Gasteiger partial charge is 0.385 e. The van der Waals surface area contributed by atoms with Crippen molar-refractivity contribution in [3.8, 4) is 0 Å². The van der Waals surface area contributed by atoms with Crippen LogP contribution in [0.4, 0.5) is 13.2 Å². The van der Waals surface area contributed by atoms with Gasteiger partial charge >= 0.3 is 6.18 Å². The van der Waals surface area contributed by atoms with Crippen LogP contribution < -0.4 is 0 Å². The van der Waals surface area contributed by atoms with Gasteiger partial charge in [-0.15, -0.1) is 0 Å². The van der Waals surface area contributed by atoms with Crippen molar-refractivity contribution in [2.24, 2.45) is 0 Å². The number of fused-ring (bicyclic) bond motifs is 1. The number of nitrogens with zero attached hydrogens (tertiary/aromatic N) is 2. The van der Waals surface area contributed by atoms with E-state index in [0.29, 0.717) is 43.7 Å². The highest BCUT2D eigenvalue weighted by Crippen LogP contribution is 2.29. The van der Waals surface area contributed by atoms with Gasteiger partial charge in [0, 0.05) is 56.0 Å². The Morgan fingerprint density at radius 1 is 0.822 bits per heavy atom. The predicted octanol–water partition coefficient (Wildman–Crippen LogP) is 7.67. The Hall–Kier alpha value is -4.11. The van der Waals surface area contributed by atoms with Gasteiger partial charge in [0.15, 0.2) is 0 Å². The van der Waals surface area contributed by atoms with Gasteiger partial charge in [0.25, 0.3) is 5.91 Å². The average molecular weight is 622 g/mol. The summed E-state index contributed by atoms with van der Waals surface area (Å²) in [5, 5.41) is 1.05. The van der Waals surface area contributed by atoms with Crippen LogP contribution >= 0.6 is 0 Å². The van der Waals surface area contributed by atoms with Gasteiger partial charge in [0.1, 0.15) is 6.54 Å². The molecule has 0 saturated heterocycles. The number of methoxy groups -OCH3 is 1. The van der Waals surface area contributed by atoms with Gasteiger partial charge < -0.3 is 19.5 Å². The van der Waals surface area contributed by atoms with Crippen molar-refractivity contribution in [2.45, 2.75) is 58.2 Å². The van der Waals surface area contributed by atoms with Crippen LogP contribution in [0.5, 0.6) is 0 Å². The summed E-state index contributed by atoms with van der Waals surface area (Å²) in [5.41, 5.74) is 3.53. The normalized spacial score (nSPS) is 11.6. The maximum Gasteiger partial charge on any atom is 0.416 e. The maximum atomic E-state index is 13.9. The number of aryl methyl sites for hydroxylation is 1. The van der Waals surface area contributed by atoms with Crippen LogP contribution in [0.3, 0.4) is 0 Å². The van der Waals surface area contributed by atoms with E-state index in [9.17, 15) is 22.8 Å². The van der Waals surface area contributed by atoms with Gasteiger partial charge in [0.2, 0.25) is 5.91 Å². The molecule has 1 N–H and O–H groups in total. The molecule has 0 unspecified atom stereocenters. The summed E-state index contributed by atoms with van der Waals surface area (Å²) in [5.74, 6) is -0.526. The summed E-state index contributed by atoms with van der Waals surface area (Å²) in [7, 11) is 1.59. The first kappa shape index (κ1) is 33.8. The van der Waals surface area contributed by atoms with E-state index in [1.165, 1.54) is 17.7 Å². The Bertz CT molecular complexity index is 1510. The zero-order chi connectivity index (χ0) is 32.2. The summed E-state index contributed by atoms with van der Waals surface area (Å²) in [6.45, 7) is 3.21. The fraction of sp³-hybridized carbons (Fsp3) is 0.389. The van der Waals surface area contributed by atoms with E-state index in [4.69, 9.17) is 4.74 Å². The van der Waals surface area contributed by atoms with Crippen molar-refractivity contribution in [1.29, 1.82) is 0 Å². The first-order valence-corrected chi connectivity index (χ1v) is 15.6.